The summed E-state index contributed by atoms with van der Waals surface area (Å²) in [5.41, 5.74) is 9.71. The topological polar surface area (TPSA) is 178 Å². The number of halogens is 1. The average molecular weight is 516 g/mol. The van der Waals surface area contributed by atoms with Gasteiger partial charge in [-0.15, -0.1) is 0 Å². The monoisotopic (exact) mass is 515 g/mol. The standard InChI is InChI=1S/C24H30ClN7O4/c1-24(2,32-22(34)18-20(26)31-21(27)19(25)30-18)23(35)29-11-10-28-12-15(33)13-36-17-9-5-7-14-6-3-4-8-16(14)17/h3-9,15,28,33H,10-13H2,1-2H3,(H,29,35)(H,32,34)(H4,26,27,31)/t15-/m0/s1. The molecule has 192 valence electrons. The summed E-state index contributed by atoms with van der Waals surface area (Å²) in [7, 11) is 0. The van der Waals surface area contributed by atoms with E-state index in [0.29, 0.717) is 12.3 Å². The number of benzene rings is 2. The van der Waals surface area contributed by atoms with Crippen molar-refractivity contribution in [1.29, 1.82) is 0 Å². The maximum absolute atomic E-state index is 12.6. The number of fused-ring (bicyclic) bond motifs is 1. The largest absolute Gasteiger partial charge is 0.490 e. The molecule has 0 spiro atoms. The van der Waals surface area contributed by atoms with Crippen molar-refractivity contribution in [3.8, 4) is 5.75 Å². The van der Waals surface area contributed by atoms with E-state index in [-0.39, 0.29) is 42.2 Å². The Hall–Kier alpha value is -3.67. The van der Waals surface area contributed by atoms with E-state index in [4.69, 9.17) is 27.8 Å². The molecule has 11 nitrogen and oxygen atoms in total. The number of ether oxygens (including phenoxy) is 1. The third-order valence-corrected chi connectivity index (χ3v) is 5.54. The van der Waals surface area contributed by atoms with Gasteiger partial charge in [0.15, 0.2) is 22.5 Å². The molecule has 0 aliphatic rings. The lowest BCUT2D eigenvalue weighted by Gasteiger charge is -2.25. The summed E-state index contributed by atoms with van der Waals surface area (Å²) in [6.07, 6.45) is -0.742. The molecule has 0 unspecified atom stereocenters. The number of carbonyl (C=O) groups excluding carboxylic acids is 2. The maximum atomic E-state index is 12.6. The second-order valence-corrected chi connectivity index (χ2v) is 8.97. The zero-order chi connectivity index (χ0) is 26.3. The number of nitrogens with zero attached hydrogens (tertiary/aromatic N) is 2. The van der Waals surface area contributed by atoms with Gasteiger partial charge in [0.05, 0.1) is 0 Å². The number of nitrogens with one attached hydrogen (secondary N) is 3. The normalized spacial score (nSPS) is 12.2. The molecule has 1 atom stereocenters. The molecule has 36 heavy (non-hydrogen) atoms. The van der Waals surface area contributed by atoms with Crippen molar-refractivity contribution in [1.82, 2.24) is 25.9 Å². The Morgan fingerprint density at radius 2 is 1.81 bits per heavy atom. The van der Waals surface area contributed by atoms with Crippen LogP contribution in [0.1, 0.15) is 24.3 Å². The van der Waals surface area contributed by atoms with Crippen LogP contribution in [-0.4, -0.2) is 64.8 Å². The van der Waals surface area contributed by atoms with Gasteiger partial charge in [0.1, 0.15) is 24.0 Å². The summed E-state index contributed by atoms with van der Waals surface area (Å²) in [5, 5.41) is 20.4. The highest BCUT2D eigenvalue weighted by Gasteiger charge is 2.31. The number of carbonyl (C=O) groups is 2. The van der Waals surface area contributed by atoms with Gasteiger partial charge in [0.25, 0.3) is 5.91 Å². The molecular weight excluding hydrogens is 486 g/mol. The highest BCUT2D eigenvalue weighted by atomic mass is 35.5. The van der Waals surface area contributed by atoms with Crippen molar-refractivity contribution in [2.45, 2.75) is 25.5 Å². The minimum atomic E-state index is -1.27. The molecule has 2 aromatic carbocycles. The highest BCUT2D eigenvalue weighted by Crippen LogP contribution is 2.25. The number of amides is 2. The summed E-state index contributed by atoms with van der Waals surface area (Å²) in [6, 6.07) is 13.6. The number of aromatic nitrogens is 2. The van der Waals surface area contributed by atoms with Crippen LogP contribution in [0.4, 0.5) is 11.6 Å². The van der Waals surface area contributed by atoms with E-state index >= 15 is 0 Å². The molecule has 8 N–H and O–H groups in total. The molecular formula is C24H30ClN7O4. The first-order valence-electron chi connectivity index (χ1n) is 11.3. The summed E-state index contributed by atoms with van der Waals surface area (Å²) in [6.45, 7) is 4.12. The molecule has 1 aromatic heterocycles. The fourth-order valence-electron chi connectivity index (χ4n) is 3.33. The van der Waals surface area contributed by atoms with Crippen LogP contribution >= 0.6 is 11.6 Å². The van der Waals surface area contributed by atoms with Crippen molar-refractivity contribution < 1.29 is 19.4 Å². The van der Waals surface area contributed by atoms with Crippen LogP contribution in [0.15, 0.2) is 42.5 Å². The van der Waals surface area contributed by atoms with Crippen molar-refractivity contribution in [2.24, 2.45) is 0 Å². The number of aliphatic hydroxyl groups excluding tert-OH is 1. The molecule has 0 bridgehead atoms. The Morgan fingerprint density at radius 3 is 2.58 bits per heavy atom. The number of nitrogen functional groups attached to an aromatic ring is 2. The lowest BCUT2D eigenvalue weighted by atomic mass is 10.0. The van der Waals surface area contributed by atoms with Crippen molar-refractivity contribution in [3.63, 3.8) is 0 Å². The third kappa shape index (κ3) is 6.94. The van der Waals surface area contributed by atoms with Gasteiger partial charge in [-0.25, -0.2) is 9.97 Å². The summed E-state index contributed by atoms with van der Waals surface area (Å²) in [4.78, 5) is 32.7. The predicted octanol–water partition coefficient (Wildman–Crippen LogP) is 1.10. The zero-order valence-electron chi connectivity index (χ0n) is 20.0. The quantitative estimate of drug-likeness (QED) is 0.204. The fraction of sp³-hybridized carbons (Fsp3) is 0.333. The van der Waals surface area contributed by atoms with E-state index in [2.05, 4.69) is 25.9 Å². The summed E-state index contributed by atoms with van der Waals surface area (Å²) in [5.74, 6) is -0.726. The molecule has 0 aliphatic heterocycles. The van der Waals surface area contributed by atoms with Crippen LogP contribution in [-0.2, 0) is 4.79 Å². The molecule has 2 amide bonds. The second-order valence-electron chi connectivity index (χ2n) is 8.61. The van der Waals surface area contributed by atoms with E-state index in [1.54, 1.807) is 0 Å². The van der Waals surface area contributed by atoms with Gasteiger partial charge in [-0.3, -0.25) is 9.59 Å². The molecule has 12 heteroatoms. The molecule has 0 aliphatic carbocycles. The first-order chi connectivity index (χ1) is 17.1. The van der Waals surface area contributed by atoms with Crippen molar-refractivity contribution >= 4 is 45.8 Å². The van der Waals surface area contributed by atoms with Crippen LogP contribution in [0.2, 0.25) is 5.15 Å². The van der Waals surface area contributed by atoms with Crippen molar-refractivity contribution in [2.75, 3.05) is 37.7 Å². The first kappa shape index (κ1) is 26.9. The minimum absolute atomic E-state index is 0.0968. The second kappa shape index (κ2) is 11.8. The SMILES string of the molecule is CC(C)(NC(=O)c1nc(Cl)c(N)nc1N)C(=O)NCCNC[C@H](O)COc1cccc2ccccc12. The van der Waals surface area contributed by atoms with Gasteiger partial charge >= 0.3 is 0 Å². The number of hydrogen-bond donors (Lipinski definition) is 6. The lowest BCUT2D eigenvalue weighted by Crippen LogP contribution is -2.55. The zero-order valence-corrected chi connectivity index (χ0v) is 20.8. The number of rotatable bonds is 11. The number of hydrogen-bond acceptors (Lipinski definition) is 9. The van der Waals surface area contributed by atoms with Gasteiger partial charge < -0.3 is 37.3 Å². The Balaban J connectivity index is 1.39. The molecule has 3 aromatic rings. The molecule has 3 rings (SSSR count). The van der Waals surface area contributed by atoms with Crippen LogP contribution in [0, 0.1) is 0 Å². The molecule has 0 fully saturated rings. The van der Waals surface area contributed by atoms with Crippen LogP contribution < -0.4 is 32.2 Å². The number of nitrogens with two attached hydrogens (primary N) is 2. The van der Waals surface area contributed by atoms with E-state index in [1.165, 1.54) is 13.8 Å². The third-order valence-electron chi connectivity index (χ3n) is 5.26. The Labute approximate surface area is 213 Å². The van der Waals surface area contributed by atoms with E-state index in [1.807, 2.05) is 42.5 Å². The fourth-order valence-corrected chi connectivity index (χ4v) is 3.46. The average Bonchev–Trinajstić information content (AvgIpc) is 2.84. The lowest BCUT2D eigenvalue weighted by molar-refractivity contribution is -0.126. The maximum Gasteiger partial charge on any atom is 0.274 e. The van der Waals surface area contributed by atoms with Crippen molar-refractivity contribution in [3.05, 3.63) is 53.3 Å². The van der Waals surface area contributed by atoms with Gasteiger partial charge in [-0.1, -0.05) is 48.0 Å². The minimum Gasteiger partial charge on any atom is -0.490 e. The van der Waals surface area contributed by atoms with Crippen LogP contribution in [0.5, 0.6) is 5.75 Å². The molecule has 0 radical (unpaired) electrons. The van der Waals surface area contributed by atoms with Gasteiger partial charge in [0.2, 0.25) is 5.91 Å². The molecule has 0 saturated carbocycles. The molecule has 0 saturated heterocycles. The predicted molar refractivity (Wildman–Crippen MR) is 139 cm³/mol. The smallest absolute Gasteiger partial charge is 0.274 e. The van der Waals surface area contributed by atoms with Crippen LogP contribution in [0.3, 0.4) is 0 Å². The van der Waals surface area contributed by atoms with Gasteiger partial charge in [0, 0.05) is 25.0 Å². The number of aliphatic hydroxyl groups is 1. The van der Waals surface area contributed by atoms with Crippen LogP contribution in [0.25, 0.3) is 10.8 Å². The number of anilines is 2. The first-order valence-corrected chi connectivity index (χ1v) is 11.6. The Morgan fingerprint density at radius 1 is 1.08 bits per heavy atom. The van der Waals surface area contributed by atoms with E-state index < -0.39 is 23.5 Å². The van der Waals surface area contributed by atoms with Gasteiger partial charge in [-0.2, -0.15) is 0 Å². The Bertz CT molecular complexity index is 1230. The van der Waals surface area contributed by atoms with Gasteiger partial charge in [-0.05, 0) is 25.3 Å². The molecule has 1 heterocycles. The highest BCUT2D eigenvalue weighted by molar-refractivity contribution is 6.31. The Kier molecular flexibility index (Phi) is 8.86. The van der Waals surface area contributed by atoms with E-state index in [0.717, 1.165) is 10.8 Å². The van der Waals surface area contributed by atoms with E-state index in [9.17, 15) is 14.7 Å². The summed E-state index contributed by atoms with van der Waals surface area (Å²) < 4.78 is 5.78. The summed E-state index contributed by atoms with van der Waals surface area (Å²) >= 11 is 5.81.